The highest BCUT2D eigenvalue weighted by Gasteiger charge is 2.52. The van der Waals surface area contributed by atoms with Gasteiger partial charge in [-0.25, -0.2) is 0 Å². The fourth-order valence-corrected chi connectivity index (χ4v) is 2.95. The summed E-state index contributed by atoms with van der Waals surface area (Å²) < 4.78 is 5.97. The third-order valence-electron chi connectivity index (χ3n) is 3.49. The molecule has 12 heavy (non-hydrogen) atoms. The van der Waals surface area contributed by atoms with Crippen molar-refractivity contribution in [3.63, 3.8) is 0 Å². The smallest absolute Gasteiger partial charge is 0.0686 e. The van der Waals surface area contributed by atoms with Crippen molar-refractivity contribution in [2.24, 2.45) is 5.92 Å². The Balaban J connectivity index is 2.28. The third kappa shape index (κ3) is 1.09. The number of hydrogen-bond acceptors (Lipinski definition) is 2. The molecule has 3 rings (SSSR count). The molecule has 70 valence electrons. The molecule has 0 spiro atoms. The van der Waals surface area contributed by atoms with Crippen LogP contribution >= 0.6 is 0 Å². The van der Waals surface area contributed by atoms with Crippen LogP contribution in [0.2, 0.25) is 0 Å². The highest BCUT2D eigenvalue weighted by atomic mass is 16.5. The molecule has 0 aromatic rings. The van der Waals surface area contributed by atoms with E-state index in [1.165, 1.54) is 0 Å². The van der Waals surface area contributed by atoms with E-state index in [-0.39, 0.29) is 17.3 Å². The van der Waals surface area contributed by atoms with Crippen LogP contribution in [-0.4, -0.2) is 22.4 Å². The van der Waals surface area contributed by atoms with Crippen molar-refractivity contribution in [1.82, 2.24) is 0 Å². The Hall–Kier alpha value is -0.0800. The zero-order valence-electron chi connectivity index (χ0n) is 8.13. The summed E-state index contributed by atoms with van der Waals surface area (Å²) in [5.41, 5.74) is -0.178. The minimum atomic E-state index is -0.146. The Morgan fingerprint density at radius 1 is 1.33 bits per heavy atom. The van der Waals surface area contributed by atoms with Gasteiger partial charge >= 0.3 is 0 Å². The first-order valence-corrected chi connectivity index (χ1v) is 4.81. The molecular formula is C10H18O2. The zero-order chi connectivity index (χ0) is 8.98. The molecule has 1 saturated carbocycles. The van der Waals surface area contributed by atoms with E-state index in [1.54, 1.807) is 0 Å². The fraction of sp³-hybridized carbons (Fsp3) is 1.00. The van der Waals surface area contributed by atoms with Crippen LogP contribution in [-0.2, 0) is 4.74 Å². The summed E-state index contributed by atoms with van der Waals surface area (Å²) in [6.45, 7) is 6.31. The SMILES string of the molecule is CC1(C)O[C@]2(C)CC[C@@H]1[C@@H](O)C2. The first-order chi connectivity index (χ1) is 5.43. The maximum atomic E-state index is 9.82. The molecule has 2 heterocycles. The van der Waals surface area contributed by atoms with Crippen molar-refractivity contribution in [3.05, 3.63) is 0 Å². The maximum absolute atomic E-state index is 9.82. The van der Waals surface area contributed by atoms with Crippen molar-refractivity contribution in [1.29, 1.82) is 0 Å². The molecule has 3 aliphatic rings. The summed E-state index contributed by atoms with van der Waals surface area (Å²) in [6.07, 6.45) is 2.90. The summed E-state index contributed by atoms with van der Waals surface area (Å²) >= 11 is 0. The van der Waals surface area contributed by atoms with E-state index >= 15 is 0 Å². The monoisotopic (exact) mass is 170 g/mol. The predicted molar refractivity (Wildman–Crippen MR) is 46.9 cm³/mol. The number of fused-ring (bicyclic) bond motifs is 3. The molecule has 0 amide bonds. The number of hydrogen-bond donors (Lipinski definition) is 1. The van der Waals surface area contributed by atoms with Crippen molar-refractivity contribution in [3.8, 4) is 0 Å². The Morgan fingerprint density at radius 3 is 2.42 bits per heavy atom. The second kappa shape index (κ2) is 2.24. The van der Waals surface area contributed by atoms with Gasteiger partial charge in [-0.1, -0.05) is 0 Å². The van der Waals surface area contributed by atoms with Gasteiger partial charge in [-0.15, -0.1) is 0 Å². The first kappa shape index (κ1) is 8.52. The van der Waals surface area contributed by atoms with E-state index in [9.17, 15) is 5.11 Å². The highest BCUT2D eigenvalue weighted by molar-refractivity contribution is 5.02. The molecule has 2 heteroatoms. The Kier molecular flexibility index (Phi) is 1.59. The topological polar surface area (TPSA) is 29.5 Å². The lowest BCUT2D eigenvalue weighted by Crippen LogP contribution is -2.59. The van der Waals surface area contributed by atoms with Gasteiger partial charge in [-0.2, -0.15) is 0 Å². The van der Waals surface area contributed by atoms with Crippen LogP contribution in [0.15, 0.2) is 0 Å². The molecule has 2 aliphatic heterocycles. The van der Waals surface area contributed by atoms with Crippen LogP contribution in [0.25, 0.3) is 0 Å². The van der Waals surface area contributed by atoms with E-state index in [1.807, 2.05) is 0 Å². The van der Waals surface area contributed by atoms with Gasteiger partial charge in [0, 0.05) is 12.3 Å². The molecule has 0 unspecified atom stereocenters. The molecule has 1 aliphatic carbocycles. The number of ether oxygens (including phenoxy) is 1. The van der Waals surface area contributed by atoms with Crippen LogP contribution in [0.5, 0.6) is 0 Å². The summed E-state index contributed by atoms with van der Waals surface area (Å²) in [5.74, 6) is 0.347. The van der Waals surface area contributed by atoms with Gasteiger partial charge in [-0.3, -0.25) is 0 Å². The maximum Gasteiger partial charge on any atom is 0.0686 e. The predicted octanol–water partition coefficient (Wildman–Crippen LogP) is 1.71. The molecule has 2 nitrogen and oxygen atoms in total. The minimum absolute atomic E-state index is 0.0579. The van der Waals surface area contributed by atoms with E-state index in [0.717, 1.165) is 19.3 Å². The molecule has 1 N–H and O–H groups in total. The summed E-state index contributed by atoms with van der Waals surface area (Å²) in [4.78, 5) is 0. The average Bonchev–Trinajstić information content (AvgIpc) is 1.80. The lowest BCUT2D eigenvalue weighted by molar-refractivity contribution is -0.263. The van der Waals surface area contributed by atoms with Gasteiger partial charge in [-0.05, 0) is 33.6 Å². The van der Waals surface area contributed by atoms with Gasteiger partial charge in [0.15, 0.2) is 0 Å². The second-order valence-corrected chi connectivity index (χ2v) is 5.07. The average molecular weight is 170 g/mol. The van der Waals surface area contributed by atoms with Crippen molar-refractivity contribution in [2.75, 3.05) is 0 Å². The molecule has 2 bridgehead atoms. The van der Waals surface area contributed by atoms with Crippen molar-refractivity contribution in [2.45, 2.75) is 57.3 Å². The lowest BCUT2D eigenvalue weighted by Gasteiger charge is -2.56. The van der Waals surface area contributed by atoms with Crippen LogP contribution in [0.1, 0.15) is 40.0 Å². The van der Waals surface area contributed by atoms with Gasteiger partial charge in [0.25, 0.3) is 0 Å². The molecule has 0 aromatic heterocycles. The summed E-state index contributed by atoms with van der Waals surface area (Å²) in [7, 11) is 0. The number of aliphatic hydroxyl groups is 1. The third-order valence-corrected chi connectivity index (χ3v) is 3.49. The summed E-state index contributed by atoms with van der Waals surface area (Å²) in [5, 5.41) is 9.82. The van der Waals surface area contributed by atoms with Crippen LogP contribution < -0.4 is 0 Å². The van der Waals surface area contributed by atoms with Crippen LogP contribution in [0.4, 0.5) is 0 Å². The Labute approximate surface area is 73.9 Å². The largest absolute Gasteiger partial charge is 0.393 e. The van der Waals surface area contributed by atoms with Crippen molar-refractivity contribution < 1.29 is 9.84 Å². The minimum Gasteiger partial charge on any atom is -0.393 e. The molecule has 0 radical (unpaired) electrons. The molecular weight excluding hydrogens is 152 g/mol. The van der Waals surface area contributed by atoms with E-state index in [0.29, 0.717) is 5.92 Å². The van der Waals surface area contributed by atoms with Gasteiger partial charge < -0.3 is 9.84 Å². The number of aliphatic hydroxyl groups excluding tert-OH is 1. The standard InChI is InChI=1S/C10H18O2/c1-9(2)7-4-5-10(3,12-9)6-8(7)11/h7-8,11H,4-6H2,1-3H3/t7-,8+,10-/m1/s1. The van der Waals surface area contributed by atoms with Crippen LogP contribution in [0, 0.1) is 5.92 Å². The fourth-order valence-electron chi connectivity index (χ4n) is 2.95. The lowest BCUT2D eigenvalue weighted by atomic mass is 9.67. The van der Waals surface area contributed by atoms with Gasteiger partial charge in [0.2, 0.25) is 0 Å². The molecule has 3 fully saturated rings. The zero-order valence-corrected chi connectivity index (χ0v) is 8.13. The van der Waals surface area contributed by atoms with Gasteiger partial charge in [0.05, 0.1) is 17.3 Å². The van der Waals surface area contributed by atoms with Gasteiger partial charge in [0.1, 0.15) is 0 Å². The van der Waals surface area contributed by atoms with Crippen LogP contribution in [0.3, 0.4) is 0 Å². The molecule has 3 atom stereocenters. The normalized spacial score (nSPS) is 51.0. The molecule has 2 saturated heterocycles. The van der Waals surface area contributed by atoms with Crippen molar-refractivity contribution >= 4 is 0 Å². The van der Waals surface area contributed by atoms with E-state index in [4.69, 9.17) is 4.74 Å². The number of rotatable bonds is 0. The first-order valence-electron chi connectivity index (χ1n) is 4.81. The Bertz CT molecular complexity index is 197. The van der Waals surface area contributed by atoms with E-state index < -0.39 is 0 Å². The molecule has 0 aromatic carbocycles. The highest BCUT2D eigenvalue weighted by Crippen LogP contribution is 2.49. The second-order valence-electron chi connectivity index (χ2n) is 5.07. The quantitative estimate of drug-likeness (QED) is 0.599. The summed E-state index contributed by atoms with van der Waals surface area (Å²) in [6, 6.07) is 0. The Morgan fingerprint density at radius 2 is 2.00 bits per heavy atom. The van der Waals surface area contributed by atoms with E-state index in [2.05, 4.69) is 20.8 Å².